The van der Waals surface area contributed by atoms with E-state index >= 15 is 0 Å². The summed E-state index contributed by atoms with van der Waals surface area (Å²) in [5, 5.41) is 11.1. The molecule has 1 saturated heterocycles. The van der Waals surface area contributed by atoms with Gasteiger partial charge in [0.2, 0.25) is 0 Å². The van der Waals surface area contributed by atoms with Crippen LogP contribution >= 0.6 is 0 Å². The van der Waals surface area contributed by atoms with Gasteiger partial charge in [0.1, 0.15) is 23.5 Å². The van der Waals surface area contributed by atoms with E-state index in [1.807, 2.05) is 19.1 Å². The SMILES string of the molecule is COc1cccc(F)c1CN1C[C@H](NC(=O)c2ccc3[nH]nc(-c4ccnc(C)c4)c3c2)CC[C@H]1C(=O)N=CC(F)(F)F. The molecule has 224 valence electrons. The van der Waals surface area contributed by atoms with Gasteiger partial charge in [-0.2, -0.15) is 18.3 Å². The second-order valence-electron chi connectivity index (χ2n) is 10.3. The number of hydrogen-bond acceptors (Lipinski definition) is 6. The maximum atomic E-state index is 14.8. The van der Waals surface area contributed by atoms with E-state index in [1.54, 1.807) is 30.5 Å². The van der Waals surface area contributed by atoms with Gasteiger partial charge in [0.05, 0.1) is 18.7 Å². The molecule has 2 aromatic carbocycles. The molecule has 1 aliphatic rings. The molecule has 2 atom stereocenters. The van der Waals surface area contributed by atoms with Crippen LogP contribution in [0.25, 0.3) is 22.2 Å². The number of aryl methyl sites for hydroxylation is 1. The number of pyridine rings is 1. The number of piperidine rings is 1. The van der Waals surface area contributed by atoms with Gasteiger partial charge in [-0.15, -0.1) is 0 Å². The van der Waals surface area contributed by atoms with Crippen molar-refractivity contribution in [2.75, 3.05) is 13.7 Å². The first-order valence-corrected chi connectivity index (χ1v) is 13.5. The van der Waals surface area contributed by atoms with Crippen LogP contribution in [-0.4, -0.2) is 70.0 Å². The highest BCUT2D eigenvalue weighted by atomic mass is 19.4. The monoisotopic (exact) mass is 596 g/mol. The van der Waals surface area contributed by atoms with Gasteiger partial charge >= 0.3 is 6.18 Å². The summed E-state index contributed by atoms with van der Waals surface area (Å²) >= 11 is 0. The number of aliphatic imine (C=N–C) groups is 1. The molecule has 0 bridgehead atoms. The molecule has 0 radical (unpaired) electrons. The molecule has 43 heavy (non-hydrogen) atoms. The van der Waals surface area contributed by atoms with Crippen molar-refractivity contribution in [3.05, 3.63) is 77.4 Å². The lowest BCUT2D eigenvalue weighted by Gasteiger charge is -2.38. The number of nitrogens with zero attached hydrogens (tertiary/aromatic N) is 4. The summed E-state index contributed by atoms with van der Waals surface area (Å²) in [6.45, 7) is 1.79. The fourth-order valence-electron chi connectivity index (χ4n) is 5.26. The number of nitrogens with one attached hydrogen (secondary N) is 2. The molecule has 13 heteroatoms. The molecule has 0 unspecified atom stereocenters. The van der Waals surface area contributed by atoms with Gasteiger partial charge < -0.3 is 10.1 Å². The Labute approximate surface area is 244 Å². The number of likely N-dealkylation sites (tertiary alicyclic amines) is 1. The third kappa shape index (κ3) is 6.88. The summed E-state index contributed by atoms with van der Waals surface area (Å²) in [5.74, 6) is -1.75. The maximum absolute atomic E-state index is 14.8. The maximum Gasteiger partial charge on any atom is 0.426 e. The number of aromatic amines is 1. The lowest BCUT2D eigenvalue weighted by Crippen LogP contribution is -2.53. The van der Waals surface area contributed by atoms with Gasteiger partial charge in [-0.05, 0) is 62.2 Å². The summed E-state index contributed by atoms with van der Waals surface area (Å²) in [6, 6.07) is 11.6. The van der Waals surface area contributed by atoms with E-state index in [-0.39, 0.29) is 42.9 Å². The van der Waals surface area contributed by atoms with Crippen molar-refractivity contribution in [3.8, 4) is 17.0 Å². The van der Waals surface area contributed by atoms with Crippen LogP contribution in [0, 0.1) is 12.7 Å². The zero-order valence-electron chi connectivity index (χ0n) is 23.3. The number of carbonyl (C=O) groups excluding carboxylic acids is 2. The average molecular weight is 597 g/mol. The van der Waals surface area contributed by atoms with Gasteiger partial charge in [-0.3, -0.25) is 24.6 Å². The Morgan fingerprint density at radius 2 is 2.00 bits per heavy atom. The summed E-state index contributed by atoms with van der Waals surface area (Å²) in [6.07, 6.45) is -3.03. The van der Waals surface area contributed by atoms with E-state index in [2.05, 4.69) is 25.5 Å². The second kappa shape index (κ2) is 12.3. The van der Waals surface area contributed by atoms with Crippen LogP contribution in [0.1, 0.15) is 34.5 Å². The van der Waals surface area contributed by atoms with Crippen LogP contribution in [-0.2, 0) is 11.3 Å². The first kappa shape index (κ1) is 29.8. The molecular weight excluding hydrogens is 568 g/mol. The van der Waals surface area contributed by atoms with Crippen LogP contribution in [0.5, 0.6) is 5.75 Å². The minimum absolute atomic E-state index is 0.0661. The van der Waals surface area contributed by atoms with Crippen molar-refractivity contribution in [1.82, 2.24) is 25.4 Å². The normalized spacial score (nSPS) is 17.8. The highest BCUT2D eigenvalue weighted by Crippen LogP contribution is 2.29. The van der Waals surface area contributed by atoms with Crippen LogP contribution in [0.2, 0.25) is 0 Å². The van der Waals surface area contributed by atoms with Crippen molar-refractivity contribution in [2.45, 2.75) is 44.6 Å². The van der Waals surface area contributed by atoms with Crippen molar-refractivity contribution in [1.29, 1.82) is 0 Å². The number of ether oxygens (including phenoxy) is 1. The largest absolute Gasteiger partial charge is 0.496 e. The number of methoxy groups -OCH3 is 1. The topological polar surface area (TPSA) is 113 Å². The summed E-state index contributed by atoms with van der Waals surface area (Å²) in [4.78, 5) is 35.0. The number of carbonyl (C=O) groups is 2. The number of rotatable bonds is 7. The molecule has 1 aliphatic heterocycles. The molecule has 0 saturated carbocycles. The molecule has 2 amide bonds. The van der Waals surface area contributed by atoms with Crippen molar-refractivity contribution in [2.24, 2.45) is 4.99 Å². The van der Waals surface area contributed by atoms with E-state index in [1.165, 1.54) is 24.1 Å². The summed E-state index contributed by atoms with van der Waals surface area (Å²) in [5.41, 5.74) is 3.57. The quantitative estimate of drug-likeness (QED) is 0.229. The fourth-order valence-corrected chi connectivity index (χ4v) is 5.26. The smallest absolute Gasteiger partial charge is 0.426 e. The van der Waals surface area contributed by atoms with Crippen molar-refractivity contribution < 1.29 is 31.9 Å². The number of fused-ring (bicyclic) bond motifs is 1. The van der Waals surface area contributed by atoms with Gasteiger partial charge in [-0.25, -0.2) is 9.38 Å². The number of hydrogen-bond donors (Lipinski definition) is 2. The fraction of sp³-hybridized carbons (Fsp3) is 0.300. The third-order valence-electron chi connectivity index (χ3n) is 7.29. The molecular formula is C30H28F4N6O3. The number of aromatic nitrogens is 3. The van der Waals surface area contributed by atoms with E-state index in [0.717, 1.165) is 22.2 Å². The number of alkyl halides is 3. The van der Waals surface area contributed by atoms with E-state index in [0.29, 0.717) is 17.7 Å². The van der Waals surface area contributed by atoms with Crippen LogP contribution < -0.4 is 10.1 Å². The molecule has 0 spiro atoms. The molecule has 0 aliphatic carbocycles. The number of benzene rings is 2. The predicted octanol–water partition coefficient (Wildman–Crippen LogP) is 5.00. The Morgan fingerprint density at radius 1 is 1.19 bits per heavy atom. The zero-order chi connectivity index (χ0) is 30.7. The second-order valence-corrected chi connectivity index (χ2v) is 10.3. The molecule has 3 heterocycles. The summed E-state index contributed by atoms with van der Waals surface area (Å²) in [7, 11) is 1.37. The Hall–Kier alpha value is -4.65. The predicted molar refractivity (Wildman–Crippen MR) is 151 cm³/mol. The molecule has 1 fully saturated rings. The highest BCUT2D eigenvalue weighted by Gasteiger charge is 2.35. The third-order valence-corrected chi connectivity index (χ3v) is 7.29. The number of halogens is 4. The van der Waals surface area contributed by atoms with Crippen LogP contribution in [0.15, 0.2) is 59.7 Å². The Balaban J connectivity index is 1.37. The first-order chi connectivity index (χ1) is 20.5. The van der Waals surface area contributed by atoms with Crippen molar-refractivity contribution >= 4 is 28.9 Å². The molecule has 2 N–H and O–H groups in total. The standard InChI is InChI=1S/C30H28F4N6O3/c1-17-12-18(10-11-35-17)27-21-13-19(6-8-24(21)38-39-27)28(41)37-20-7-9-25(29(42)36-16-30(32,33)34)40(14-20)15-22-23(31)4-3-5-26(22)43-2/h3-6,8,10-13,16,20,25H,7,9,14-15H2,1-2H3,(H,37,41)(H,38,39)/t20-,25+/m1/s1. The average Bonchev–Trinajstić information content (AvgIpc) is 3.40. The lowest BCUT2D eigenvalue weighted by atomic mass is 9.96. The molecule has 9 nitrogen and oxygen atoms in total. The Morgan fingerprint density at radius 3 is 2.74 bits per heavy atom. The van der Waals surface area contributed by atoms with Crippen LogP contribution in [0.4, 0.5) is 17.6 Å². The number of H-pyrrole nitrogens is 1. The zero-order valence-corrected chi connectivity index (χ0v) is 23.3. The minimum atomic E-state index is -4.76. The van der Waals surface area contributed by atoms with Gasteiger partial charge in [-0.1, -0.05) is 6.07 Å². The van der Waals surface area contributed by atoms with E-state index < -0.39 is 30.0 Å². The van der Waals surface area contributed by atoms with Crippen molar-refractivity contribution in [3.63, 3.8) is 0 Å². The number of amides is 2. The summed E-state index contributed by atoms with van der Waals surface area (Å²) < 4.78 is 58.2. The molecule has 2 aromatic heterocycles. The first-order valence-electron chi connectivity index (χ1n) is 13.5. The minimum Gasteiger partial charge on any atom is -0.496 e. The van der Waals surface area contributed by atoms with E-state index in [9.17, 15) is 27.2 Å². The van der Waals surface area contributed by atoms with Gasteiger partial charge in [0.15, 0.2) is 0 Å². The van der Waals surface area contributed by atoms with Crippen LogP contribution in [0.3, 0.4) is 0 Å². The molecule has 5 rings (SSSR count). The van der Waals surface area contributed by atoms with Gasteiger partial charge in [0, 0.05) is 53.1 Å². The van der Waals surface area contributed by atoms with E-state index in [4.69, 9.17) is 4.74 Å². The Bertz CT molecular complexity index is 1690. The van der Waals surface area contributed by atoms with Gasteiger partial charge in [0.25, 0.3) is 11.8 Å². The molecule has 4 aromatic rings. The lowest BCUT2D eigenvalue weighted by molar-refractivity contribution is -0.125. The Kier molecular flexibility index (Phi) is 8.53. The highest BCUT2D eigenvalue weighted by molar-refractivity contribution is 6.01.